The van der Waals surface area contributed by atoms with Crippen molar-refractivity contribution < 1.29 is 0 Å². The molecule has 2 aromatic rings. The number of hydrogen-bond donors (Lipinski definition) is 1. The van der Waals surface area contributed by atoms with E-state index in [2.05, 4.69) is 35.4 Å². The first-order valence-electron chi connectivity index (χ1n) is 5.09. The summed E-state index contributed by atoms with van der Waals surface area (Å²) >= 11 is 0. The Hall–Kier alpha value is -1.64. The van der Waals surface area contributed by atoms with Crippen LogP contribution < -0.4 is 0 Å². The third kappa shape index (κ3) is 1.77. The molecule has 0 spiro atoms. The fourth-order valence-corrected chi connectivity index (χ4v) is 1.42. The van der Waals surface area contributed by atoms with Crippen LogP contribution in [0.3, 0.4) is 0 Å². The maximum atomic E-state index is 4.52. The molecule has 0 saturated carbocycles. The van der Waals surface area contributed by atoms with Gasteiger partial charge in [0.2, 0.25) is 0 Å². The Morgan fingerprint density at radius 1 is 1.47 bits per heavy atom. The first-order chi connectivity index (χ1) is 7.08. The molecule has 0 aliphatic heterocycles. The Labute approximate surface area is 89.3 Å². The van der Waals surface area contributed by atoms with Crippen LogP contribution >= 0.6 is 0 Å². The number of rotatable bonds is 2. The molecule has 0 aliphatic rings. The van der Waals surface area contributed by atoms with E-state index in [-0.39, 0.29) is 0 Å². The third-order valence-electron chi connectivity index (χ3n) is 2.40. The molecule has 3 heteroatoms. The largest absolute Gasteiger partial charge is 0.338 e. The smallest absolute Gasteiger partial charge is 0.156 e. The van der Waals surface area contributed by atoms with E-state index in [9.17, 15) is 0 Å². The predicted molar refractivity (Wildman–Crippen MR) is 62.7 cm³/mol. The molecule has 0 unspecified atom stereocenters. The molecular weight excluding hydrogens is 186 g/mol. The summed E-state index contributed by atoms with van der Waals surface area (Å²) in [6.07, 6.45) is 1.84. The number of nitrogens with one attached hydrogen (secondary N) is 1. The summed E-state index contributed by atoms with van der Waals surface area (Å²) in [6, 6.07) is 1.98. The van der Waals surface area contributed by atoms with E-state index in [1.807, 2.05) is 19.2 Å². The zero-order valence-corrected chi connectivity index (χ0v) is 9.33. The van der Waals surface area contributed by atoms with Gasteiger partial charge >= 0.3 is 0 Å². The number of allylic oxidation sites excluding steroid dienone is 1. The van der Waals surface area contributed by atoms with Gasteiger partial charge in [0.25, 0.3) is 0 Å². The van der Waals surface area contributed by atoms with E-state index in [1.165, 1.54) is 0 Å². The molecular formula is C12H15N3. The summed E-state index contributed by atoms with van der Waals surface area (Å²) in [7, 11) is 0. The average Bonchev–Trinajstić information content (AvgIpc) is 2.59. The van der Waals surface area contributed by atoms with E-state index in [0.717, 1.165) is 28.1 Å². The van der Waals surface area contributed by atoms with E-state index in [0.29, 0.717) is 5.92 Å². The molecule has 0 bridgehead atoms. The van der Waals surface area contributed by atoms with Crippen molar-refractivity contribution in [3.05, 3.63) is 30.2 Å². The van der Waals surface area contributed by atoms with Crippen molar-refractivity contribution in [3.63, 3.8) is 0 Å². The first-order valence-corrected chi connectivity index (χ1v) is 5.09. The fourth-order valence-electron chi connectivity index (χ4n) is 1.42. The lowest BCUT2D eigenvalue weighted by atomic mass is 10.1. The van der Waals surface area contributed by atoms with Crippen LogP contribution in [0, 0.1) is 0 Å². The van der Waals surface area contributed by atoms with Crippen molar-refractivity contribution in [1.29, 1.82) is 0 Å². The topological polar surface area (TPSA) is 41.6 Å². The van der Waals surface area contributed by atoms with Gasteiger partial charge in [-0.3, -0.25) is 4.98 Å². The van der Waals surface area contributed by atoms with Crippen LogP contribution in [0.25, 0.3) is 16.7 Å². The molecule has 0 aromatic carbocycles. The molecule has 0 saturated heterocycles. The fraction of sp³-hybridized carbons (Fsp3) is 0.333. The van der Waals surface area contributed by atoms with Gasteiger partial charge in [-0.05, 0) is 24.5 Å². The quantitative estimate of drug-likeness (QED) is 0.811. The standard InChI is InChI=1S/C12H15N3/c1-7(2)9-5-10-12(14-9)15-11(6-13-10)8(3)4/h5-6,8H,1H2,2-4H3,(H,14,15). The minimum absolute atomic E-state index is 0.401. The van der Waals surface area contributed by atoms with Crippen molar-refractivity contribution in [2.24, 2.45) is 0 Å². The van der Waals surface area contributed by atoms with Gasteiger partial charge in [0, 0.05) is 11.9 Å². The van der Waals surface area contributed by atoms with Crippen LogP contribution in [0.15, 0.2) is 18.8 Å². The minimum atomic E-state index is 0.401. The second-order valence-corrected chi connectivity index (χ2v) is 4.15. The number of H-pyrrole nitrogens is 1. The zero-order valence-electron chi connectivity index (χ0n) is 9.33. The molecule has 0 fully saturated rings. The van der Waals surface area contributed by atoms with E-state index >= 15 is 0 Å². The van der Waals surface area contributed by atoms with E-state index in [1.54, 1.807) is 0 Å². The molecule has 0 radical (unpaired) electrons. The number of aromatic amines is 1. The lowest BCUT2D eigenvalue weighted by Gasteiger charge is -2.01. The Balaban J connectivity index is 2.57. The molecule has 3 nitrogen and oxygen atoms in total. The highest BCUT2D eigenvalue weighted by molar-refractivity contribution is 5.77. The molecule has 15 heavy (non-hydrogen) atoms. The average molecular weight is 201 g/mol. The number of aromatic nitrogens is 3. The number of fused-ring (bicyclic) bond motifs is 1. The summed E-state index contributed by atoms with van der Waals surface area (Å²) < 4.78 is 0. The highest BCUT2D eigenvalue weighted by Crippen LogP contribution is 2.18. The van der Waals surface area contributed by atoms with Crippen LogP contribution in [0.5, 0.6) is 0 Å². The van der Waals surface area contributed by atoms with Crippen LogP contribution in [0.1, 0.15) is 38.1 Å². The molecule has 78 valence electrons. The summed E-state index contributed by atoms with van der Waals surface area (Å²) in [5, 5.41) is 0. The molecule has 1 N–H and O–H groups in total. The predicted octanol–water partition coefficient (Wildman–Crippen LogP) is 3.11. The molecule has 2 aromatic heterocycles. The molecule has 2 rings (SSSR count). The molecule has 0 amide bonds. The Morgan fingerprint density at radius 3 is 2.80 bits per heavy atom. The minimum Gasteiger partial charge on any atom is -0.338 e. The maximum Gasteiger partial charge on any atom is 0.156 e. The molecule has 2 heterocycles. The highest BCUT2D eigenvalue weighted by atomic mass is 14.9. The van der Waals surface area contributed by atoms with Gasteiger partial charge in [0.05, 0.1) is 5.69 Å². The number of nitrogens with zero attached hydrogens (tertiary/aromatic N) is 2. The van der Waals surface area contributed by atoms with Crippen molar-refractivity contribution >= 4 is 16.7 Å². The van der Waals surface area contributed by atoms with Gasteiger partial charge in [-0.15, -0.1) is 0 Å². The summed E-state index contributed by atoms with van der Waals surface area (Å²) in [4.78, 5) is 12.1. The van der Waals surface area contributed by atoms with Crippen molar-refractivity contribution in [1.82, 2.24) is 15.0 Å². The van der Waals surface area contributed by atoms with Gasteiger partial charge in [0.1, 0.15) is 5.52 Å². The summed E-state index contributed by atoms with van der Waals surface area (Å²) in [6.45, 7) is 10.1. The lowest BCUT2D eigenvalue weighted by molar-refractivity contribution is 0.820. The van der Waals surface area contributed by atoms with Crippen molar-refractivity contribution in [3.8, 4) is 0 Å². The maximum absolute atomic E-state index is 4.52. The van der Waals surface area contributed by atoms with Gasteiger partial charge in [0.15, 0.2) is 5.65 Å². The third-order valence-corrected chi connectivity index (χ3v) is 2.40. The van der Waals surface area contributed by atoms with Crippen LogP contribution in [-0.2, 0) is 0 Å². The Kier molecular flexibility index (Phi) is 2.31. The summed E-state index contributed by atoms with van der Waals surface area (Å²) in [5.74, 6) is 0.401. The SMILES string of the molecule is C=C(C)c1cc2ncc(C(C)C)nc2[nH]1. The zero-order chi connectivity index (χ0) is 11.0. The van der Waals surface area contributed by atoms with Crippen molar-refractivity contribution in [2.45, 2.75) is 26.7 Å². The van der Waals surface area contributed by atoms with Gasteiger partial charge < -0.3 is 4.98 Å². The lowest BCUT2D eigenvalue weighted by Crippen LogP contribution is -1.93. The van der Waals surface area contributed by atoms with Gasteiger partial charge in [-0.1, -0.05) is 20.4 Å². The molecule has 0 atom stereocenters. The van der Waals surface area contributed by atoms with E-state index in [4.69, 9.17) is 0 Å². The molecule has 0 aliphatic carbocycles. The van der Waals surface area contributed by atoms with Crippen molar-refractivity contribution in [2.75, 3.05) is 0 Å². The van der Waals surface area contributed by atoms with E-state index < -0.39 is 0 Å². The van der Waals surface area contributed by atoms with Gasteiger partial charge in [-0.25, -0.2) is 4.98 Å². The van der Waals surface area contributed by atoms with Crippen LogP contribution in [-0.4, -0.2) is 15.0 Å². The van der Waals surface area contributed by atoms with Gasteiger partial charge in [-0.2, -0.15) is 0 Å². The second-order valence-electron chi connectivity index (χ2n) is 4.15. The number of hydrogen-bond acceptors (Lipinski definition) is 2. The Bertz CT molecular complexity index is 509. The van der Waals surface area contributed by atoms with Crippen LogP contribution in [0.4, 0.5) is 0 Å². The van der Waals surface area contributed by atoms with Crippen LogP contribution in [0.2, 0.25) is 0 Å². The summed E-state index contributed by atoms with van der Waals surface area (Å²) in [5.41, 5.74) is 4.76. The second kappa shape index (κ2) is 3.50. The highest BCUT2D eigenvalue weighted by Gasteiger charge is 2.06. The normalized spacial score (nSPS) is 11.2. The Morgan fingerprint density at radius 2 is 2.20 bits per heavy atom. The monoisotopic (exact) mass is 201 g/mol. The first kappa shape index (κ1) is 9.90.